The van der Waals surface area contributed by atoms with Gasteiger partial charge in [-0.15, -0.1) is 0 Å². The third-order valence-corrected chi connectivity index (χ3v) is 3.38. The maximum atomic E-state index is 10.2. The number of hydrogen-bond acceptors (Lipinski definition) is 8. The van der Waals surface area contributed by atoms with Gasteiger partial charge >= 0.3 is 17.9 Å². The fourth-order valence-electron chi connectivity index (χ4n) is 1.98. The van der Waals surface area contributed by atoms with Crippen molar-refractivity contribution in [2.24, 2.45) is 5.73 Å². The van der Waals surface area contributed by atoms with Crippen LogP contribution >= 0.6 is 0 Å². The van der Waals surface area contributed by atoms with Gasteiger partial charge < -0.3 is 36.7 Å². The van der Waals surface area contributed by atoms with Crippen molar-refractivity contribution in [1.29, 1.82) is 0 Å². The molecule has 24 heavy (non-hydrogen) atoms. The van der Waals surface area contributed by atoms with E-state index in [0.717, 1.165) is 30.9 Å². The summed E-state index contributed by atoms with van der Waals surface area (Å²) in [5.74, 6) is -2.83. The number of hydrogen-bond donors (Lipinski definition) is 7. The lowest BCUT2D eigenvalue weighted by Crippen LogP contribution is -2.33. The molecule has 8 N–H and O–H groups in total. The summed E-state index contributed by atoms with van der Waals surface area (Å²) in [4.78, 5) is 30.0. The smallest absolute Gasteiger partial charge is 0.323 e. The molecule has 0 aliphatic carbocycles. The van der Waals surface area contributed by atoms with Gasteiger partial charge in [-0.3, -0.25) is 14.4 Å². The molecule has 0 aromatic carbocycles. The van der Waals surface area contributed by atoms with E-state index in [9.17, 15) is 14.4 Å². The maximum Gasteiger partial charge on any atom is 0.323 e. The molecule has 2 saturated heterocycles. The molecule has 2 aliphatic rings. The van der Waals surface area contributed by atoms with E-state index in [4.69, 9.17) is 31.4 Å². The fourth-order valence-corrected chi connectivity index (χ4v) is 1.98. The number of hydroxylamine groups is 2. The lowest BCUT2D eigenvalue weighted by atomic mass is 10.2. The Balaban J connectivity index is 0.000000334. The molecule has 0 saturated carbocycles. The Labute approximate surface area is 138 Å². The SMILES string of the molecule is N[C@@H](CO)C(=O)O.O=C(O)[C@@H]1CCCN1.O=C(O)[C@@H]1CCCN1O. The predicted molar refractivity (Wildman–Crippen MR) is 80.5 cm³/mol. The molecule has 140 valence electrons. The van der Waals surface area contributed by atoms with E-state index < -0.39 is 36.6 Å². The highest BCUT2D eigenvalue weighted by atomic mass is 16.5. The Hall–Kier alpha value is -1.79. The van der Waals surface area contributed by atoms with Crippen molar-refractivity contribution >= 4 is 17.9 Å². The second kappa shape index (κ2) is 11.7. The lowest BCUT2D eigenvalue weighted by molar-refractivity contribution is -0.161. The first-order valence-electron chi connectivity index (χ1n) is 7.44. The Morgan fingerprint density at radius 3 is 1.92 bits per heavy atom. The van der Waals surface area contributed by atoms with E-state index in [-0.39, 0.29) is 6.04 Å². The summed E-state index contributed by atoms with van der Waals surface area (Å²) in [6.45, 7) is 0.837. The van der Waals surface area contributed by atoms with Crippen LogP contribution in [0.25, 0.3) is 0 Å². The van der Waals surface area contributed by atoms with Gasteiger partial charge in [0.15, 0.2) is 0 Å². The van der Waals surface area contributed by atoms with Gasteiger partial charge in [0, 0.05) is 6.54 Å². The summed E-state index contributed by atoms with van der Waals surface area (Å²) in [7, 11) is 0. The number of nitrogens with one attached hydrogen (secondary N) is 1. The minimum absolute atomic E-state index is 0.269. The normalized spacial score (nSPS) is 24.1. The standard InChI is InChI=1S/C5H9NO3.C5H9NO2.C3H7NO3/c7-5(8)4-2-1-3-6(4)9;7-5(8)4-2-1-3-6-4;4-2(1-5)3(6)7/h4,9H,1-3H2,(H,7,8);4,6H,1-3H2,(H,7,8);2,5H,1,4H2,(H,6,7)/t2*4-;2-/m000/s1. The Bertz CT molecular complexity index is 414. The van der Waals surface area contributed by atoms with Gasteiger partial charge in [-0.2, -0.15) is 5.06 Å². The van der Waals surface area contributed by atoms with E-state index in [0.29, 0.717) is 13.0 Å². The second-order valence-corrected chi connectivity index (χ2v) is 5.27. The van der Waals surface area contributed by atoms with Gasteiger partial charge in [0.1, 0.15) is 18.1 Å². The van der Waals surface area contributed by atoms with Gasteiger partial charge in [0.05, 0.1) is 6.61 Å². The summed E-state index contributed by atoms with van der Waals surface area (Å²) >= 11 is 0. The van der Waals surface area contributed by atoms with Crippen LogP contribution in [0.3, 0.4) is 0 Å². The minimum atomic E-state index is -1.18. The number of carboxylic acid groups (broad SMARTS) is 3. The van der Waals surface area contributed by atoms with Crippen LogP contribution in [0.15, 0.2) is 0 Å². The summed E-state index contributed by atoms with van der Waals surface area (Å²) < 4.78 is 0. The molecule has 2 heterocycles. The first-order chi connectivity index (χ1) is 11.2. The van der Waals surface area contributed by atoms with Crippen LogP contribution in [0.2, 0.25) is 0 Å². The number of nitrogens with two attached hydrogens (primary N) is 1. The molecule has 0 unspecified atom stereocenters. The molecule has 0 aromatic rings. The highest BCUT2D eigenvalue weighted by molar-refractivity contribution is 5.74. The van der Waals surface area contributed by atoms with E-state index >= 15 is 0 Å². The molecule has 0 radical (unpaired) electrons. The number of aliphatic carboxylic acids is 3. The molecule has 0 spiro atoms. The Kier molecular flexibility index (Phi) is 10.8. The van der Waals surface area contributed by atoms with E-state index in [2.05, 4.69) is 5.32 Å². The van der Waals surface area contributed by atoms with Crippen molar-refractivity contribution in [3.05, 3.63) is 0 Å². The number of carbonyl (C=O) groups is 3. The van der Waals surface area contributed by atoms with Crippen molar-refractivity contribution < 1.29 is 40.0 Å². The quantitative estimate of drug-likeness (QED) is 0.300. The number of carboxylic acids is 3. The van der Waals surface area contributed by atoms with Crippen molar-refractivity contribution in [1.82, 2.24) is 10.4 Å². The minimum Gasteiger partial charge on any atom is -0.480 e. The predicted octanol–water partition coefficient (Wildman–Crippen LogP) is -1.86. The highest BCUT2D eigenvalue weighted by Gasteiger charge is 2.28. The molecule has 2 rings (SSSR count). The van der Waals surface area contributed by atoms with Crippen LogP contribution < -0.4 is 11.1 Å². The zero-order valence-corrected chi connectivity index (χ0v) is 13.2. The van der Waals surface area contributed by atoms with E-state index in [1.165, 1.54) is 0 Å². The van der Waals surface area contributed by atoms with Crippen LogP contribution in [0, 0.1) is 0 Å². The second-order valence-electron chi connectivity index (χ2n) is 5.27. The van der Waals surface area contributed by atoms with E-state index in [1.807, 2.05) is 0 Å². The van der Waals surface area contributed by atoms with Crippen molar-refractivity contribution in [3.8, 4) is 0 Å². The van der Waals surface area contributed by atoms with Crippen LogP contribution in [0.1, 0.15) is 25.7 Å². The largest absolute Gasteiger partial charge is 0.480 e. The molecule has 3 atom stereocenters. The molecule has 2 fully saturated rings. The summed E-state index contributed by atoms with van der Waals surface area (Å²) in [6.07, 6.45) is 3.12. The summed E-state index contributed by atoms with van der Waals surface area (Å²) in [5.41, 5.74) is 4.77. The third-order valence-electron chi connectivity index (χ3n) is 3.38. The lowest BCUT2D eigenvalue weighted by Gasteiger charge is -2.11. The molecule has 0 bridgehead atoms. The first kappa shape index (κ1) is 22.2. The topological polar surface area (TPSA) is 194 Å². The van der Waals surface area contributed by atoms with Gasteiger partial charge in [-0.25, -0.2) is 0 Å². The molecule has 11 heteroatoms. The maximum absolute atomic E-state index is 10.2. The molecular formula is C13H25N3O8. The zero-order valence-electron chi connectivity index (χ0n) is 13.2. The molecular weight excluding hydrogens is 326 g/mol. The van der Waals surface area contributed by atoms with E-state index in [1.54, 1.807) is 0 Å². The summed E-state index contributed by atoms with van der Waals surface area (Å²) in [5, 5.41) is 45.2. The third kappa shape index (κ3) is 8.74. The molecule has 11 nitrogen and oxygen atoms in total. The number of nitrogens with zero attached hydrogens (tertiary/aromatic N) is 1. The van der Waals surface area contributed by atoms with Crippen molar-refractivity contribution in [2.45, 2.75) is 43.8 Å². The molecule has 0 aromatic heterocycles. The van der Waals surface area contributed by atoms with Gasteiger partial charge in [0.2, 0.25) is 0 Å². The van der Waals surface area contributed by atoms with Gasteiger partial charge in [-0.1, -0.05) is 0 Å². The van der Waals surface area contributed by atoms with Crippen molar-refractivity contribution in [2.75, 3.05) is 19.7 Å². The van der Waals surface area contributed by atoms with Crippen LogP contribution in [0.5, 0.6) is 0 Å². The zero-order chi connectivity index (χ0) is 18.7. The number of rotatable bonds is 4. The monoisotopic (exact) mass is 351 g/mol. The first-order valence-corrected chi connectivity index (χ1v) is 7.44. The van der Waals surface area contributed by atoms with Gasteiger partial charge in [0.25, 0.3) is 0 Å². The number of aliphatic hydroxyl groups is 1. The number of aliphatic hydroxyl groups excluding tert-OH is 1. The fraction of sp³-hybridized carbons (Fsp3) is 0.769. The van der Waals surface area contributed by atoms with Crippen LogP contribution in [-0.2, 0) is 14.4 Å². The molecule has 2 aliphatic heterocycles. The summed E-state index contributed by atoms with van der Waals surface area (Å²) in [6, 6.07) is -2.06. The Morgan fingerprint density at radius 2 is 1.75 bits per heavy atom. The van der Waals surface area contributed by atoms with Crippen LogP contribution in [0.4, 0.5) is 0 Å². The average Bonchev–Trinajstić information content (AvgIpc) is 3.18. The van der Waals surface area contributed by atoms with Crippen LogP contribution in [-0.4, -0.2) is 86.4 Å². The average molecular weight is 351 g/mol. The molecule has 0 amide bonds. The van der Waals surface area contributed by atoms with Crippen molar-refractivity contribution in [3.63, 3.8) is 0 Å². The Morgan fingerprint density at radius 1 is 1.12 bits per heavy atom. The van der Waals surface area contributed by atoms with Gasteiger partial charge in [-0.05, 0) is 32.2 Å². The highest BCUT2D eigenvalue weighted by Crippen LogP contribution is 2.13.